The third-order valence-corrected chi connectivity index (χ3v) is 2.09. The summed E-state index contributed by atoms with van der Waals surface area (Å²) in [6.07, 6.45) is 0. The second-order valence-corrected chi connectivity index (χ2v) is 3.56. The highest BCUT2D eigenvalue weighted by Crippen LogP contribution is 2.35. The summed E-state index contributed by atoms with van der Waals surface area (Å²) in [5.74, 6) is 1.14. The Bertz CT molecular complexity index is 303. The van der Waals surface area contributed by atoms with E-state index in [0.29, 0.717) is 11.7 Å². The van der Waals surface area contributed by atoms with Gasteiger partial charge in [0.25, 0.3) is 0 Å². The summed E-state index contributed by atoms with van der Waals surface area (Å²) in [6.45, 7) is 6.09. The van der Waals surface area contributed by atoms with Gasteiger partial charge >= 0.3 is 0 Å². The van der Waals surface area contributed by atoms with Gasteiger partial charge in [-0.2, -0.15) is 0 Å². The minimum absolute atomic E-state index is 0.267. The Morgan fingerprint density at radius 3 is 2.38 bits per heavy atom. The van der Waals surface area contributed by atoms with E-state index in [9.17, 15) is 5.11 Å². The molecule has 1 N–H and O–H groups in total. The summed E-state index contributed by atoms with van der Waals surface area (Å²) in [6, 6.07) is 3.82. The lowest BCUT2D eigenvalue weighted by molar-refractivity contribution is 0.369. The molecule has 0 aliphatic heterocycles. The van der Waals surface area contributed by atoms with E-state index < -0.39 is 0 Å². The van der Waals surface area contributed by atoms with E-state index in [0.717, 1.165) is 11.1 Å². The molecule has 13 heavy (non-hydrogen) atoms. The summed E-state index contributed by atoms with van der Waals surface area (Å²) >= 11 is 0. The summed E-state index contributed by atoms with van der Waals surface area (Å²) in [5, 5.41) is 9.76. The average molecular weight is 180 g/mol. The standard InChI is InChI=1S/C11H16O2/c1-7(2)9-5-8(3)6-10(13-4)11(9)12/h5-7,12H,1-4H3. The number of rotatable bonds is 2. The van der Waals surface area contributed by atoms with Crippen molar-refractivity contribution in [2.24, 2.45) is 0 Å². The van der Waals surface area contributed by atoms with Crippen LogP contribution in [0.2, 0.25) is 0 Å². The van der Waals surface area contributed by atoms with Crippen LogP contribution in [0.1, 0.15) is 30.9 Å². The first-order valence-electron chi connectivity index (χ1n) is 4.43. The first-order valence-corrected chi connectivity index (χ1v) is 4.43. The van der Waals surface area contributed by atoms with Gasteiger partial charge in [0.2, 0.25) is 0 Å². The van der Waals surface area contributed by atoms with E-state index in [1.165, 1.54) is 0 Å². The lowest BCUT2D eigenvalue weighted by Gasteiger charge is -2.12. The van der Waals surface area contributed by atoms with Crippen LogP contribution in [0.25, 0.3) is 0 Å². The van der Waals surface area contributed by atoms with E-state index in [-0.39, 0.29) is 5.75 Å². The van der Waals surface area contributed by atoms with Crippen LogP contribution in [0.3, 0.4) is 0 Å². The molecule has 0 aromatic heterocycles. The highest BCUT2D eigenvalue weighted by molar-refractivity contribution is 5.49. The summed E-state index contributed by atoms with van der Waals surface area (Å²) < 4.78 is 5.07. The lowest BCUT2D eigenvalue weighted by atomic mass is 9.99. The molecule has 0 fully saturated rings. The van der Waals surface area contributed by atoms with Crippen LogP contribution in [0.15, 0.2) is 12.1 Å². The predicted octanol–water partition coefficient (Wildman–Crippen LogP) is 2.83. The Morgan fingerprint density at radius 2 is 1.92 bits per heavy atom. The summed E-state index contributed by atoms with van der Waals surface area (Å²) in [5.41, 5.74) is 2.05. The molecule has 0 atom stereocenters. The van der Waals surface area contributed by atoms with Crippen molar-refractivity contribution in [3.8, 4) is 11.5 Å². The van der Waals surface area contributed by atoms with E-state index in [1.807, 2.05) is 32.9 Å². The molecule has 2 heteroatoms. The maximum atomic E-state index is 9.76. The highest BCUT2D eigenvalue weighted by atomic mass is 16.5. The number of phenolic OH excluding ortho intramolecular Hbond substituents is 1. The molecular weight excluding hydrogens is 164 g/mol. The molecule has 0 bridgehead atoms. The molecule has 0 heterocycles. The average Bonchev–Trinajstić information content (AvgIpc) is 2.08. The zero-order valence-electron chi connectivity index (χ0n) is 8.59. The highest BCUT2D eigenvalue weighted by Gasteiger charge is 2.11. The molecule has 0 unspecified atom stereocenters. The van der Waals surface area contributed by atoms with Crippen molar-refractivity contribution in [3.63, 3.8) is 0 Å². The monoisotopic (exact) mass is 180 g/mol. The van der Waals surface area contributed by atoms with Gasteiger partial charge in [-0.05, 0) is 24.5 Å². The second-order valence-electron chi connectivity index (χ2n) is 3.56. The minimum atomic E-state index is 0.267. The lowest BCUT2D eigenvalue weighted by Crippen LogP contribution is -1.93. The van der Waals surface area contributed by atoms with Crippen molar-refractivity contribution < 1.29 is 9.84 Å². The molecule has 72 valence electrons. The minimum Gasteiger partial charge on any atom is -0.504 e. The fraction of sp³-hybridized carbons (Fsp3) is 0.455. The molecule has 1 rings (SSSR count). The number of methoxy groups -OCH3 is 1. The van der Waals surface area contributed by atoms with Gasteiger partial charge in [-0.15, -0.1) is 0 Å². The second kappa shape index (κ2) is 3.69. The number of ether oxygens (including phenoxy) is 1. The number of benzene rings is 1. The molecule has 0 aliphatic carbocycles. The van der Waals surface area contributed by atoms with E-state index in [1.54, 1.807) is 7.11 Å². The summed E-state index contributed by atoms with van der Waals surface area (Å²) in [7, 11) is 1.57. The predicted molar refractivity (Wildman–Crippen MR) is 53.5 cm³/mol. The van der Waals surface area contributed by atoms with Crippen LogP contribution >= 0.6 is 0 Å². The third kappa shape index (κ3) is 1.94. The summed E-state index contributed by atoms with van der Waals surface area (Å²) in [4.78, 5) is 0. The van der Waals surface area contributed by atoms with Crippen LogP contribution in [-0.2, 0) is 0 Å². The van der Waals surface area contributed by atoms with Crippen molar-refractivity contribution in [2.45, 2.75) is 26.7 Å². The Kier molecular flexibility index (Phi) is 2.81. The van der Waals surface area contributed by atoms with Crippen molar-refractivity contribution >= 4 is 0 Å². The third-order valence-electron chi connectivity index (χ3n) is 2.09. The Labute approximate surface area is 79.2 Å². The molecule has 2 nitrogen and oxygen atoms in total. The Hall–Kier alpha value is -1.18. The van der Waals surface area contributed by atoms with Crippen LogP contribution in [-0.4, -0.2) is 12.2 Å². The van der Waals surface area contributed by atoms with Crippen LogP contribution in [0, 0.1) is 6.92 Å². The van der Waals surface area contributed by atoms with Gasteiger partial charge in [0.05, 0.1) is 7.11 Å². The van der Waals surface area contributed by atoms with E-state index in [2.05, 4.69) is 0 Å². The van der Waals surface area contributed by atoms with Crippen molar-refractivity contribution in [1.82, 2.24) is 0 Å². The van der Waals surface area contributed by atoms with Gasteiger partial charge in [0, 0.05) is 5.56 Å². The molecule has 1 aromatic rings. The number of aromatic hydroxyl groups is 1. The van der Waals surface area contributed by atoms with Crippen LogP contribution < -0.4 is 4.74 Å². The van der Waals surface area contributed by atoms with Gasteiger partial charge in [0.1, 0.15) is 0 Å². The van der Waals surface area contributed by atoms with Gasteiger partial charge in [-0.3, -0.25) is 0 Å². The molecule has 0 aliphatic rings. The Morgan fingerprint density at radius 1 is 1.31 bits per heavy atom. The largest absolute Gasteiger partial charge is 0.504 e. The molecule has 0 radical (unpaired) electrons. The first kappa shape index (κ1) is 9.90. The van der Waals surface area contributed by atoms with Crippen LogP contribution in [0.4, 0.5) is 0 Å². The van der Waals surface area contributed by atoms with E-state index in [4.69, 9.17) is 4.74 Å². The normalized spacial score (nSPS) is 10.5. The molecule has 1 aromatic carbocycles. The first-order chi connectivity index (χ1) is 6.06. The smallest absolute Gasteiger partial charge is 0.161 e. The molecule has 0 amide bonds. The maximum absolute atomic E-state index is 9.76. The zero-order chi connectivity index (χ0) is 10.0. The van der Waals surface area contributed by atoms with Gasteiger partial charge < -0.3 is 9.84 Å². The number of hydrogen-bond donors (Lipinski definition) is 1. The molecule has 0 spiro atoms. The van der Waals surface area contributed by atoms with Crippen molar-refractivity contribution in [1.29, 1.82) is 0 Å². The quantitative estimate of drug-likeness (QED) is 0.758. The molecule has 0 saturated carbocycles. The topological polar surface area (TPSA) is 29.5 Å². The number of phenols is 1. The fourth-order valence-corrected chi connectivity index (χ4v) is 1.37. The molecular formula is C11H16O2. The Balaban J connectivity index is 3.27. The van der Waals surface area contributed by atoms with Crippen LogP contribution in [0.5, 0.6) is 11.5 Å². The van der Waals surface area contributed by atoms with Gasteiger partial charge in [-0.1, -0.05) is 19.9 Å². The van der Waals surface area contributed by atoms with Crippen molar-refractivity contribution in [2.75, 3.05) is 7.11 Å². The molecule has 0 saturated heterocycles. The van der Waals surface area contributed by atoms with Gasteiger partial charge in [0.15, 0.2) is 11.5 Å². The fourth-order valence-electron chi connectivity index (χ4n) is 1.37. The number of hydrogen-bond acceptors (Lipinski definition) is 2. The number of aryl methyl sites for hydroxylation is 1. The van der Waals surface area contributed by atoms with E-state index >= 15 is 0 Å². The zero-order valence-corrected chi connectivity index (χ0v) is 8.59. The maximum Gasteiger partial charge on any atom is 0.161 e. The van der Waals surface area contributed by atoms with Crippen molar-refractivity contribution in [3.05, 3.63) is 23.3 Å². The van der Waals surface area contributed by atoms with Gasteiger partial charge in [-0.25, -0.2) is 0 Å². The SMILES string of the molecule is COc1cc(C)cc(C(C)C)c1O.